The van der Waals surface area contributed by atoms with Gasteiger partial charge < -0.3 is 4.12 Å². The number of hydrogen-bond acceptors (Lipinski definition) is 1. The van der Waals surface area contributed by atoms with E-state index in [1.807, 2.05) is 0 Å². The van der Waals surface area contributed by atoms with E-state index in [-0.39, 0.29) is 10.5 Å². The molecule has 0 N–H and O–H groups in total. The van der Waals surface area contributed by atoms with Crippen LogP contribution in [0.1, 0.15) is 13.8 Å². The van der Waals surface area contributed by atoms with Crippen LogP contribution in [0.3, 0.4) is 0 Å². The Morgan fingerprint density at radius 2 is 1.50 bits per heavy atom. The van der Waals surface area contributed by atoms with E-state index in [1.54, 1.807) is 0 Å². The molecule has 1 nitrogen and oxygen atoms in total. The maximum Gasteiger partial charge on any atom is 0.288 e. The molecule has 0 aliphatic heterocycles. The first-order chi connectivity index (χ1) is 5.06. The minimum atomic E-state index is -3.33. The van der Waals surface area contributed by atoms with Crippen LogP contribution in [0.25, 0.3) is 0 Å². The average Bonchev–Trinajstić information content (AvgIpc) is 1.85. The highest BCUT2D eigenvalue weighted by molar-refractivity contribution is 6.76. The van der Waals surface area contributed by atoms with Crippen LogP contribution in [0.2, 0.25) is 13.1 Å². The summed E-state index contributed by atoms with van der Waals surface area (Å²) in [7, 11) is -2.96. The summed E-state index contributed by atoms with van der Waals surface area (Å²) in [6.45, 7) is 4.45. The Balaban J connectivity index is 4.85. The summed E-state index contributed by atoms with van der Waals surface area (Å²) in [5, 5.41) is 0. The molecule has 0 amide bonds. The van der Waals surface area contributed by atoms with E-state index < -0.39 is 19.5 Å². The van der Waals surface area contributed by atoms with E-state index >= 15 is 0 Å². The van der Waals surface area contributed by atoms with Crippen molar-refractivity contribution in [1.82, 2.24) is 0 Å². The maximum absolute atomic E-state index is 13.3. The van der Waals surface area contributed by atoms with Crippen molar-refractivity contribution >= 4 is 18.8 Å². The topological polar surface area (TPSA) is 9.23 Å². The summed E-state index contributed by atoms with van der Waals surface area (Å²) in [6.07, 6.45) is 0. The summed E-state index contributed by atoms with van der Waals surface area (Å²) >= 11 is 0. The van der Waals surface area contributed by atoms with Crippen LogP contribution in [-0.4, -0.2) is 30.0 Å². The minimum Gasteiger partial charge on any atom is -0.460 e. The molecular formula is C6H15F3OSi2. The first kappa shape index (κ1) is 12.2. The third kappa shape index (κ3) is 1.91. The van der Waals surface area contributed by atoms with Crippen molar-refractivity contribution in [3.63, 3.8) is 0 Å². The number of halogens is 3. The standard InChI is InChI=1S/C6H15F3OSi2/c1-5(2,7)6(8,9)12(3,4)10-11/h1-4,11H3. The molecule has 0 spiro atoms. The summed E-state index contributed by atoms with van der Waals surface area (Å²) in [5.41, 5.74) is -5.82. The molecule has 0 aromatic rings. The second-order valence-electron chi connectivity index (χ2n) is 3.76. The monoisotopic (exact) mass is 216 g/mol. The van der Waals surface area contributed by atoms with Gasteiger partial charge in [0.15, 0.2) is 5.67 Å². The molecule has 0 bridgehead atoms. The number of hydrogen-bond donors (Lipinski definition) is 0. The lowest BCUT2D eigenvalue weighted by atomic mass is 10.2. The first-order valence-corrected chi connectivity index (χ1v) is 7.40. The van der Waals surface area contributed by atoms with Crippen LogP contribution in [0, 0.1) is 0 Å². The van der Waals surface area contributed by atoms with Crippen molar-refractivity contribution in [3.05, 3.63) is 0 Å². The average molecular weight is 216 g/mol. The summed E-state index contributed by atoms with van der Waals surface area (Å²) in [6, 6.07) is 0. The lowest BCUT2D eigenvalue weighted by molar-refractivity contribution is -0.0672. The fraction of sp³-hybridized carbons (Fsp3) is 1.00. The van der Waals surface area contributed by atoms with Crippen molar-refractivity contribution in [2.75, 3.05) is 0 Å². The minimum absolute atomic E-state index is 0.227. The van der Waals surface area contributed by atoms with Gasteiger partial charge in [0.1, 0.15) is 10.5 Å². The fourth-order valence-corrected chi connectivity index (χ4v) is 3.30. The lowest BCUT2D eigenvalue weighted by Crippen LogP contribution is -2.60. The molecule has 0 radical (unpaired) electrons. The SMILES string of the molecule is CC(C)(F)C(F)(F)[Si](C)(C)O[SiH3]. The predicted octanol–water partition coefficient (Wildman–Crippen LogP) is 1.41. The van der Waals surface area contributed by atoms with Gasteiger partial charge in [-0.3, -0.25) is 0 Å². The van der Waals surface area contributed by atoms with E-state index in [2.05, 4.69) is 0 Å². The molecule has 0 unspecified atom stereocenters. The maximum atomic E-state index is 13.3. The van der Waals surface area contributed by atoms with E-state index in [0.29, 0.717) is 0 Å². The van der Waals surface area contributed by atoms with Gasteiger partial charge in [-0.1, -0.05) is 0 Å². The van der Waals surface area contributed by atoms with Crippen LogP contribution in [0.15, 0.2) is 0 Å². The molecule has 0 aromatic carbocycles. The quantitative estimate of drug-likeness (QED) is 0.648. The molecule has 0 atom stereocenters. The van der Waals surface area contributed by atoms with Crippen LogP contribution in [-0.2, 0) is 4.12 Å². The highest BCUT2D eigenvalue weighted by Crippen LogP contribution is 2.39. The normalized spacial score (nSPS) is 15.2. The zero-order valence-corrected chi connectivity index (χ0v) is 11.0. The summed E-state index contributed by atoms with van der Waals surface area (Å²) in [5.74, 6) is 0. The molecule has 0 aromatic heterocycles. The van der Waals surface area contributed by atoms with Gasteiger partial charge >= 0.3 is 0 Å². The Morgan fingerprint density at radius 3 is 1.58 bits per heavy atom. The third-order valence-electron chi connectivity index (χ3n) is 2.01. The molecule has 6 heteroatoms. The smallest absolute Gasteiger partial charge is 0.288 e. The van der Waals surface area contributed by atoms with E-state index in [4.69, 9.17) is 4.12 Å². The van der Waals surface area contributed by atoms with Gasteiger partial charge in [0.25, 0.3) is 13.9 Å². The van der Waals surface area contributed by atoms with Gasteiger partial charge in [0.2, 0.25) is 0 Å². The van der Waals surface area contributed by atoms with Gasteiger partial charge in [-0.05, 0) is 26.9 Å². The van der Waals surface area contributed by atoms with Gasteiger partial charge in [0, 0.05) is 0 Å². The van der Waals surface area contributed by atoms with Crippen molar-refractivity contribution in [2.24, 2.45) is 0 Å². The van der Waals surface area contributed by atoms with Crippen LogP contribution in [0.5, 0.6) is 0 Å². The molecule has 0 saturated carbocycles. The molecular weight excluding hydrogens is 201 g/mol. The van der Waals surface area contributed by atoms with Crippen molar-refractivity contribution in [2.45, 2.75) is 38.2 Å². The molecule has 12 heavy (non-hydrogen) atoms. The second-order valence-corrected chi connectivity index (χ2v) is 9.04. The Bertz CT molecular complexity index is 165. The molecule has 0 heterocycles. The molecule has 0 rings (SSSR count). The molecule has 0 fully saturated rings. The summed E-state index contributed by atoms with van der Waals surface area (Å²) < 4.78 is 44.5. The Kier molecular flexibility index (Phi) is 3.20. The van der Waals surface area contributed by atoms with Gasteiger partial charge in [-0.15, -0.1) is 0 Å². The molecule has 0 saturated heterocycles. The zero-order chi connectivity index (χ0) is 10.2. The second kappa shape index (κ2) is 3.15. The van der Waals surface area contributed by atoms with E-state index in [0.717, 1.165) is 13.8 Å². The Morgan fingerprint density at radius 1 is 1.17 bits per heavy atom. The third-order valence-corrected chi connectivity index (χ3v) is 8.20. The molecule has 0 aliphatic rings. The number of alkyl halides is 3. The van der Waals surface area contributed by atoms with Crippen molar-refractivity contribution in [1.29, 1.82) is 0 Å². The van der Waals surface area contributed by atoms with Crippen LogP contribution < -0.4 is 0 Å². The van der Waals surface area contributed by atoms with Gasteiger partial charge in [-0.25, -0.2) is 13.2 Å². The van der Waals surface area contributed by atoms with Crippen molar-refractivity contribution in [3.8, 4) is 0 Å². The predicted molar refractivity (Wildman–Crippen MR) is 48.6 cm³/mol. The van der Waals surface area contributed by atoms with Gasteiger partial charge in [0.05, 0.1) is 0 Å². The molecule has 74 valence electrons. The molecule has 0 aliphatic carbocycles. The largest absolute Gasteiger partial charge is 0.460 e. The zero-order valence-electron chi connectivity index (χ0n) is 8.04. The van der Waals surface area contributed by atoms with E-state index in [1.165, 1.54) is 13.1 Å². The lowest BCUT2D eigenvalue weighted by Gasteiger charge is -2.37. The van der Waals surface area contributed by atoms with E-state index in [9.17, 15) is 13.2 Å². The highest BCUT2D eigenvalue weighted by atomic mass is 28.4. The van der Waals surface area contributed by atoms with Crippen LogP contribution >= 0.6 is 0 Å². The first-order valence-electron chi connectivity index (χ1n) is 3.68. The Hall–Kier alpha value is 0.184. The fourth-order valence-electron chi connectivity index (χ4n) is 0.844. The van der Waals surface area contributed by atoms with Gasteiger partial charge in [-0.2, -0.15) is 0 Å². The highest BCUT2D eigenvalue weighted by Gasteiger charge is 2.60. The van der Waals surface area contributed by atoms with Crippen molar-refractivity contribution < 1.29 is 17.3 Å². The summed E-state index contributed by atoms with van der Waals surface area (Å²) in [4.78, 5) is 0. The number of rotatable bonds is 3. The Labute approximate surface area is 75.0 Å². The van der Waals surface area contributed by atoms with Crippen LogP contribution in [0.4, 0.5) is 13.2 Å².